The second-order valence-corrected chi connectivity index (χ2v) is 20.4. The number of fused-ring (bicyclic) bond motifs is 8. The van der Waals surface area contributed by atoms with Crippen LogP contribution >= 0.6 is 47.0 Å². The van der Waals surface area contributed by atoms with Gasteiger partial charge in [0.1, 0.15) is 23.0 Å². The molecule has 0 radical (unpaired) electrons. The fraction of sp³-hybridized carbons (Fsp3) is 0.143. The molecule has 320 valence electrons. The van der Waals surface area contributed by atoms with Crippen LogP contribution in [-0.4, -0.2) is 20.4 Å². The molecule has 8 aromatic rings. The summed E-state index contributed by atoms with van der Waals surface area (Å²) in [6.07, 6.45) is 1.17. The lowest BCUT2D eigenvalue weighted by Gasteiger charge is -2.20. The van der Waals surface area contributed by atoms with E-state index in [1.165, 1.54) is 0 Å². The Morgan fingerprint density at radius 3 is 0.609 bits per heavy atom. The van der Waals surface area contributed by atoms with Crippen LogP contribution in [0, 0.1) is 0 Å². The van der Waals surface area contributed by atoms with Gasteiger partial charge in [0.15, 0.2) is 0 Å². The highest BCUT2D eigenvalue weighted by Gasteiger charge is 2.22. The predicted molar refractivity (Wildman–Crippen MR) is 268 cm³/mol. The third-order valence-corrected chi connectivity index (χ3v) is 15.8. The summed E-state index contributed by atoms with van der Waals surface area (Å²) in [6.45, 7) is 0. The van der Waals surface area contributed by atoms with Gasteiger partial charge in [-0.05, 0) is 115 Å². The summed E-state index contributed by atoms with van der Waals surface area (Å²) in [7, 11) is 0. The molecule has 64 heavy (non-hydrogen) atoms. The van der Waals surface area contributed by atoms with Gasteiger partial charge in [-0.1, -0.05) is 121 Å². The topological polar surface area (TPSA) is 80.9 Å². The third kappa shape index (κ3) is 10.8. The Bertz CT molecular complexity index is 2380. The second kappa shape index (κ2) is 20.5. The molecule has 0 atom stereocenters. The molecule has 0 unspecified atom stereocenters. The van der Waals surface area contributed by atoms with Crippen molar-refractivity contribution < 1.29 is 20.4 Å². The lowest BCUT2D eigenvalue weighted by molar-refractivity contribution is 0.450. The second-order valence-electron chi connectivity index (χ2n) is 16.2. The van der Waals surface area contributed by atoms with E-state index in [1.54, 1.807) is 47.0 Å². The van der Waals surface area contributed by atoms with Crippen molar-refractivity contribution in [1.29, 1.82) is 0 Å². The molecule has 4 N–H and O–H groups in total. The van der Waals surface area contributed by atoms with Crippen LogP contribution in [0.25, 0.3) is 0 Å². The molecular weight excluding hydrogens is 865 g/mol. The molecule has 8 bridgehead atoms. The van der Waals surface area contributed by atoms with Gasteiger partial charge in [-0.15, -0.1) is 47.0 Å². The zero-order valence-corrected chi connectivity index (χ0v) is 38.5. The number of aromatic hydroxyl groups is 4. The normalized spacial score (nSPS) is 12.2. The SMILES string of the molecule is Oc1c2cc(CSc3ccccc3)cc1Cc1cc(CSc3ccccc3)cc(c1O)Cc1cc(CSc3ccccc3)cc(c1O)Cc1cc(CSc3ccccc3)cc(c1O)C2. The largest absolute Gasteiger partial charge is 0.507 e. The van der Waals surface area contributed by atoms with Crippen molar-refractivity contribution in [2.24, 2.45) is 0 Å². The van der Waals surface area contributed by atoms with Gasteiger partial charge in [-0.3, -0.25) is 0 Å². The molecule has 0 amide bonds. The van der Waals surface area contributed by atoms with Gasteiger partial charge in [0.25, 0.3) is 0 Å². The van der Waals surface area contributed by atoms with Crippen molar-refractivity contribution in [1.82, 2.24) is 0 Å². The van der Waals surface area contributed by atoms with Crippen molar-refractivity contribution in [2.75, 3.05) is 0 Å². The molecule has 4 nitrogen and oxygen atoms in total. The summed E-state index contributed by atoms with van der Waals surface area (Å²) in [5.74, 6) is 3.38. The fourth-order valence-corrected chi connectivity index (χ4v) is 11.7. The number of thioether (sulfide) groups is 4. The molecular formula is C56H48O4S4. The molecule has 1 aliphatic carbocycles. The van der Waals surface area contributed by atoms with Crippen LogP contribution in [0.3, 0.4) is 0 Å². The molecule has 0 saturated heterocycles. The highest BCUT2D eigenvalue weighted by molar-refractivity contribution is 7.99. The Kier molecular flexibility index (Phi) is 13.9. The number of phenols is 4. The molecule has 0 fully saturated rings. The molecule has 0 saturated carbocycles. The zero-order valence-electron chi connectivity index (χ0n) is 35.2. The minimum atomic E-state index is 0.166. The van der Waals surface area contributed by atoms with E-state index >= 15 is 0 Å². The van der Waals surface area contributed by atoms with Crippen molar-refractivity contribution in [3.05, 3.63) is 237 Å². The summed E-state index contributed by atoms with van der Waals surface area (Å²) < 4.78 is 0. The van der Waals surface area contributed by atoms with Gasteiger partial charge in [0.05, 0.1) is 0 Å². The van der Waals surface area contributed by atoms with E-state index in [-0.39, 0.29) is 23.0 Å². The maximum Gasteiger partial charge on any atom is 0.122 e. The van der Waals surface area contributed by atoms with Crippen LogP contribution in [0.1, 0.15) is 66.8 Å². The number of hydrogen-bond donors (Lipinski definition) is 4. The molecule has 0 heterocycles. The average Bonchev–Trinajstić information content (AvgIpc) is 3.32. The third-order valence-electron chi connectivity index (χ3n) is 11.4. The van der Waals surface area contributed by atoms with E-state index in [1.807, 2.05) is 72.8 Å². The Morgan fingerprint density at radius 2 is 0.438 bits per heavy atom. The van der Waals surface area contributed by atoms with Crippen LogP contribution in [0.15, 0.2) is 189 Å². The first-order valence-electron chi connectivity index (χ1n) is 21.4. The van der Waals surface area contributed by atoms with E-state index in [0.717, 1.165) is 41.8 Å². The number of benzene rings is 8. The molecule has 0 aromatic heterocycles. The first-order chi connectivity index (χ1) is 31.3. The predicted octanol–water partition coefficient (Wildman–Crippen LogP) is 14.4. The summed E-state index contributed by atoms with van der Waals surface area (Å²) in [5.41, 5.74) is 9.87. The van der Waals surface area contributed by atoms with Gasteiger partial charge in [-0.2, -0.15) is 0 Å². The summed E-state index contributed by atoms with van der Waals surface area (Å²) >= 11 is 6.94. The van der Waals surface area contributed by atoms with Crippen LogP contribution in [0.4, 0.5) is 0 Å². The number of phenolic OH excluding ortho intramolecular Hbond substituents is 4. The molecule has 0 spiro atoms. The molecule has 8 heteroatoms. The molecule has 0 aliphatic heterocycles. The van der Waals surface area contributed by atoms with Crippen molar-refractivity contribution in [3.63, 3.8) is 0 Å². The maximum atomic E-state index is 12.2. The standard InChI is InChI=1S/C56H48O4S4/c57-53-41-21-37(33-61-49-13-5-1-6-14-49)22-42(53)30-44-24-39(35-63-51-17-9-3-10-18-51)26-46(55(44)59)32-48-28-40(36-64-52-19-11-4-12-20-52)27-47(56(48)60)31-45-25-38(23-43(29-41)54(45)58)34-62-50-15-7-2-8-16-50/h1-28,57-60H,29-36H2. The Balaban J connectivity index is 1.18. The monoisotopic (exact) mass is 912 g/mol. The highest BCUT2D eigenvalue weighted by Crippen LogP contribution is 2.41. The van der Waals surface area contributed by atoms with E-state index in [0.29, 0.717) is 93.2 Å². The summed E-state index contributed by atoms with van der Waals surface area (Å²) in [4.78, 5) is 4.60. The van der Waals surface area contributed by atoms with Crippen molar-refractivity contribution in [2.45, 2.75) is 68.3 Å². The first kappa shape index (κ1) is 43.6. The Labute approximate surface area is 392 Å². The quantitative estimate of drug-likeness (QED) is 0.0903. The summed E-state index contributed by atoms with van der Waals surface area (Å²) in [6, 6.07) is 57.7. The maximum absolute atomic E-state index is 12.2. The minimum Gasteiger partial charge on any atom is -0.507 e. The van der Waals surface area contributed by atoms with Gasteiger partial charge in [0.2, 0.25) is 0 Å². The van der Waals surface area contributed by atoms with E-state index in [2.05, 4.69) is 97.1 Å². The lowest BCUT2D eigenvalue weighted by atomic mass is 9.89. The summed E-state index contributed by atoms with van der Waals surface area (Å²) in [5, 5.41) is 49.0. The smallest absolute Gasteiger partial charge is 0.122 e. The van der Waals surface area contributed by atoms with Gasteiger partial charge in [0, 0.05) is 68.3 Å². The minimum absolute atomic E-state index is 0.166. The highest BCUT2D eigenvalue weighted by atomic mass is 32.2. The first-order valence-corrected chi connectivity index (χ1v) is 25.3. The van der Waals surface area contributed by atoms with Gasteiger partial charge < -0.3 is 20.4 Å². The van der Waals surface area contributed by atoms with Crippen molar-refractivity contribution >= 4 is 47.0 Å². The Morgan fingerprint density at radius 1 is 0.266 bits per heavy atom. The van der Waals surface area contributed by atoms with Crippen LogP contribution in [-0.2, 0) is 48.7 Å². The molecule has 1 aliphatic rings. The molecule has 8 aromatic carbocycles. The van der Waals surface area contributed by atoms with E-state index < -0.39 is 0 Å². The van der Waals surface area contributed by atoms with Crippen LogP contribution < -0.4 is 0 Å². The van der Waals surface area contributed by atoms with Crippen LogP contribution in [0.2, 0.25) is 0 Å². The van der Waals surface area contributed by atoms with Crippen LogP contribution in [0.5, 0.6) is 23.0 Å². The van der Waals surface area contributed by atoms with Gasteiger partial charge >= 0.3 is 0 Å². The average molecular weight is 913 g/mol. The van der Waals surface area contributed by atoms with E-state index in [4.69, 9.17) is 0 Å². The number of hydrogen-bond acceptors (Lipinski definition) is 8. The number of rotatable bonds is 12. The van der Waals surface area contributed by atoms with Gasteiger partial charge in [-0.25, -0.2) is 0 Å². The lowest BCUT2D eigenvalue weighted by Crippen LogP contribution is -2.04. The van der Waals surface area contributed by atoms with E-state index in [9.17, 15) is 20.4 Å². The van der Waals surface area contributed by atoms with Crippen molar-refractivity contribution in [3.8, 4) is 23.0 Å². The Hall–Kier alpha value is -5.64. The zero-order chi connectivity index (χ0) is 43.8. The fourth-order valence-electron chi connectivity index (χ4n) is 8.29. The molecule has 9 rings (SSSR count).